The van der Waals surface area contributed by atoms with Crippen LogP contribution in [0.5, 0.6) is 0 Å². The van der Waals surface area contributed by atoms with Gasteiger partial charge < -0.3 is 4.48 Å². The average molecular weight is 373 g/mol. The lowest BCUT2D eigenvalue weighted by molar-refractivity contribution is -0.884. The molecule has 0 aliphatic carbocycles. The van der Waals surface area contributed by atoms with Crippen molar-refractivity contribution in [3.8, 4) is 0 Å². The van der Waals surface area contributed by atoms with Crippen molar-refractivity contribution in [2.45, 2.75) is 59.8 Å². The van der Waals surface area contributed by atoms with E-state index in [2.05, 4.69) is 60.0 Å². The Hall–Kier alpha value is -0.910. The number of allylic oxidation sites excluding steroid dienone is 5. The Morgan fingerprint density at radius 1 is 0.920 bits per heavy atom. The molecular weight excluding hydrogens is 334 g/mol. The highest BCUT2D eigenvalue weighted by Crippen LogP contribution is 2.12. The van der Waals surface area contributed by atoms with Crippen LogP contribution in [0.15, 0.2) is 34.9 Å². The minimum Gasteiger partial charge on any atom is -0.325 e. The summed E-state index contributed by atoms with van der Waals surface area (Å²) >= 11 is 0. The molecule has 4 nitrogen and oxygen atoms in total. The van der Waals surface area contributed by atoms with Gasteiger partial charge in [-0.15, -0.1) is 0 Å². The molecule has 0 aromatic carbocycles. The topological polar surface area (TPSA) is 54.4 Å². The maximum Gasteiger partial charge on any atom is 0.265 e. The van der Waals surface area contributed by atoms with Crippen molar-refractivity contribution in [2.24, 2.45) is 0 Å². The molecule has 0 heterocycles. The number of rotatable bonds is 12. The third-order valence-corrected chi connectivity index (χ3v) is 5.03. The molecule has 0 fully saturated rings. The van der Waals surface area contributed by atoms with Gasteiger partial charge in [0.15, 0.2) is 0 Å². The maximum atomic E-state index is 10.8. The molecule has 0 radical (unpaired) electrons. The second kappa shape index (κ2) is 11.7. The first kappa shape index (κ1) is 24.1. The lowest BCUT2D eigenvalue weighted by atomic mass is 10.1. The van der Waals surface area contributed by atoms with Crippen molar-refractivity contribution in [1.29, 1.82) is 0 Å². The van der Waals surface area contributed by atoms with E-state index in [0.29, 0.717) is 6.42 Å². The van der Waals surface area contributed by atoms with Crippen molar-refractivity contribution in [3.63, 3.8) is 0 Å². The van der Waals surface area contributed by atoms with E-state index in [9.17, 15) is 8.42 Å². The monoisotopic (exact) mass is 372 g/mol. The molecule has 0 amide bonds. The number of likely N-dealkylation sites (N-methyl/N-ethyl adjacent to an activating group) is 1. The zero-order chi connectivity index (χ0) is 19.5. The molecule has 1 N–H and O–H groups in total. The first-order valence-electron chi connectivity index (χ1n) is 9.13. The van der Waals surface area contributed by atoms with Gasteiger partial charge in [-0.05, 0) is 59.5 Å². The van der Waals surface area contributed by atoms with Gasteiger partial charge in [0.25, 0.3) is 10.1 Å². The van der Waals surface area contributed by atoms with Crippen molar-refractivity contribution < 1.29 is 17.5 Å². The van der Waals surface area contributed by atoms with E-state index in [-0.39, 0.29) is 5.75 Å². The van der Waals surface area contributed by atoms with E-state index in [1.165, 1.54) is 16.7 Å². The SMILES string of the molecule is CC(C)=CCC/C(C)=C/CC/C(C)=C/C[N+](C)(C)CCCS(=O)(=O)O. The van der Waals surface area contributed by atoms with Gasteiger partial charge in [0.05, 0.1) is 32.9 Å². The number of quaternary nitrogens is 1. The Balaban J connectivity index is 4.20. The Kier molecular flexibility index (Phi) is 11.2. The molecule has 0 saturated heterocycles. The quantitative estimate of drug-likeness (QED) is 0.305. The van der Waals surface area contributed by atoms with E-state index >= 15 is 0 Å². The third kappa shape index (κ3) is 16.3. The van der Waals surface area contributed by atoms with Crippen LogP contribution >= 0.6 is 0 Å². The van der Waals surface area contributed by atoms with Crippen molar-refractivity contribution in [1.82, 2.24) is 0 Å². The first-order chi connectivity index (χ1) is 11.4. The van der Waals surface area contributed by atoms with Crippen LogP contribution in [0.3, 0.4) is 0 Å². The van der Waals surface area contributed by atoms with Crippen LogP contribution in [-0.2, 0) is 10.1 Å². The van der Waals surface area contributed by atoms with Gasteiger partial charge in [0.1, 0.15) is 0 Å². The first-order valence-corrected chi connectivity index (χ1v) is 10.7. The summed E-state index contributed by atoms with van der Waals surface area (Å²) in [7, 11) is 0.324. The summed E-state index contributed by atoms with van der Waals surface area (Å²) in [4.78, 5) is 0. The van der Waals surface area contributed by atoms with E-state index in [1.54, 1.807) is 0 Å². The molecule has 0 aliphatic heterocycles. The number of hydrogen-bond acceptors (Lipinski definition) is 2. The summed E-state index contributed by atoms with van der Waals surface area (Å²) < 4.78 is 31.1. The average Bonchev–Trinajstić information content (AvgIpc) is 2.43. The summed E-state index contributed by atoms with van der Waals surface area (Å²) in [6.45, 7) is 10.2. The third-order valence-electron chi connectivity index (χ3n) is 4.22. The van der Waals surface area contributed by atoms with Gasteiger partial charge in [-0.25, -0.2) is 0 Å². The van der Waals surface area contributed by atoms with Crippen LogP contribution in [0.1, 0.15) is 59.8 Å². The lowest BCUT2D eigenvalue weighted by Gasteiger charge is -2.28. The van der Waals surface area contributed by atoms with Crippen LogP contribution in [0.2, 0.25) is 0 Å². The van der Waals surface area contributed by atoms with Crippen molar-refractivity contribution in [2.75, 3.05) is 32.9 Å². The predicted molar refractivity (Wildman–Crippen MR) is 108 cm³/mol. The highest BCUT2D eigenvalue weighted by molar-refractivity contribution is 7.85. The van der Waals surface area contributed by atoms with Gasteiger partial charge in [-0.1, -0.05) is 28.9 Å². The van der Waals surface area contributed by atoms with Crippen LogP contribution in [0.25, 0.3) is 0 Å². The van der Waals surface area contributed by atoms with Crippen LogP contribution in [0.4, 0.5) is 0 Å². The van der Waals surface area contributed by atoms with E-state index < -0.39 is 10.1 Å². The van der Waals surface area contributed by atoms with Gasteiger partial charge in [0, 0.05) is 6.42 Å². The summed E-state index contributed by atoms with van der Waals surface area (Å²) in [5, 5.41) is 0. The molecule has 0 spiro atoms. The summed E-state index contributed by atoms with van der Waals surface area (Å²) in [5.74, 6) is -0.159. The molecule has 0 unspecified atom stereocenters. The normalized spacial score (nSPS) is 13.9. The fourth-order valence-corrected chi connectivity index (χ4v) is 3.00. The molecule has 0 atom stereocenters. The molecule has 0 aliphatic rings. The second-order valence-electron chi connectivity index (χ2n) is 7.94. The minimum absolute atomic E-state index is 0.159. The zero-order valence-electron chi connectivity index (χ0n) is 17.0. The molecule has 0 bridgehead atoms. The van der Waals surface area contributed by atoms with Crippen LogP contribution < -0.4 is 0 Å². The fourth-order valence-electron chi connectivity index (χ4n) is 2.51. The molecule has 5 heteroatoms. The standard InChI is InChI=1S/C20H37NO3S/c1-18(2)10-7-11-19(3)12-8-13-20(4)14-16-21(5,6)15-9-17-25(22,23)24/h10,12,14H,7-9,11,13,15-17H2,1-6H3/p+1/b19-12+,20-14+. The van der Waals surface area contributed by atoms with E-state index in [1.807, 2.05) is 0 Å². The second-order valence-corrected chi connectivity index (χ2v) is 9.51. The molecule has 25 heavy (non-hydrogen) atoms. The molecule has 0 saturated carbocycles. The molecule has 0 aromatic heterocycles. The maximum absolute atomic E-state index is 10.8. The van der Waals surface area contributed by atoms with E-state index in [0.717, 1.165) is 43.3 Å². The zero-order valence-corrected chi connectivity index (χ0v) is 17.8. The Morgan fingerprint density at radius 3 is 1.96 bits per heavy atom. The fraction of sp³-hybridized carbons (Fsp3) is 0.700. The molecular formula is C20H38NO3S+. The van der Waals surface area contributed by atoms with Gasteiger partial charge in [0.2, 0.25) is 0 Å². The largest absolute Gasteiger partial charge is 0.325 e. The molecule has 0 rings (SSSR count). The molecule has 146 valence electrons. The summed E-state index contributed by atoms with van der Waals surface area (Å²) in [6, 6.07) is 0. The van der Waals surface area contributed by atoms with Crippen LogP contribution in [0, 0.1) is 0 Å². The highest BCUT2D eigenvalue weighted by Gasteiger charge is 2.15. The number of nitrogens with zero attached hydrogens (tertiary/aromatic N) is 1. The highest BCUT2D eigenvalue weighted by atomic mass is 32.2. The number of hydrogen-bond donors (Lipinski definition) is 1. The van der Waals surface area contributed by atoms with Gasteiger partial charge in [-0.2, -0.15) is 8.42 Å². The van der Waals surface area contributed by atoms with Gasteiger partial charge in [-0.3, -0.25) is 4.55 Å². The Morgan fingerprint density at radius 2 is 1.44 bits per heavy atom. The Bertz CT molecular complexity index is 580. The van der Waals surface area contributed by atoms with E-state index in [4.69, 9.17) is 4.55 Å². The predicted octanol–water partition coefficient (Wildman–Crippen LogP) is 4.76. The smallest absolute Gasteiger partial charge is 0.265 e. The minimum atomic E-state index is -3.85. The van der Waals surface area contributed by atoms with Gasteiger partial charge >= 0.3 is 0 Å². The summed E-state index contributed by atoms with van der Waals surface area (Å²) in [6.07, 6.45) is 11.7. The summed E-state index contributed by atoms with van der Waals surface area (Å²) in [5.41, 5.74) is 4.20. The van der Waals surface area contributed by atoms with Crippen molar-refractivity contribution >= 4 is 10.1 Å². The lowest BCUT2D eigenvalue weighted by Crippen LogP contribution is -2.41. The molecule has 0 aromatic rings. The Labute approximate surface area is 155 Å². The van der Waals surface area contributed by atoms with Crippen LogP contribution in [-0.4, -0.2) is 50.4 Å². The van der Waals surface area contributed by atoms with Crippen molar-refractivity contribution in [3.05, 3.63) is 34.9 Å².